The second-order valence-electron chi connectivity index (χ2n) is 5.77. The van der Waals surface area contributed by atoms with Gasteiger partial charge in [-0.05, 0) is 62.4 Å². The molecule has 0 N–H and O–H groups in total. The van der Waals surface area contributed by atoms with Crippen LogP contribution in [0.25, 0.3) is 0 Å². The van der Waals surface area contributed by atoms with Crippen molar-refractivity contribution in [3.8, 4) is 0 Å². The Morgan fingerprint density at radius 3 is 2.56 bits per heavy atom. The van der Waals surface area contributed by atoms with Gasteiger partial charge in [0.05, 0.1) is 21.5 Å². The third kappa shape index (κ3) is 3.30. The van der Waals surface area contributed by atoms with Crippen LogP contribution in [0.2, 0.25) is 10.0 Å². The second kappa shape index (κ2) is 7.02. The number of aromatic nitrogens is 1. The zero-order valence-corrected chi connectivity index (χ0v) is 15.9. The molecule has 25 heavy (non-hydrogen) atoms. The molecule has 0 saturated heterocycles. The van der Waals surface area contributed by atoms with Crippen LogP contribution in [0.4, 0.5) is 0 Å². The molecule has 0 radical (unpaired) electrons. The summed E-state index contributed by atoms with van der Waals surface area (Å²) in [5.74, 6) is -0.652. The van der Waals surface area contributed by atoms with Gasteiger partial charge in [0.15, 0.2) is 0 Å². The molecule has 1 aliphatic rings. The van der Waals surface area contributed by atoms with Crippen molar-refractivity contribution < 1.29 is 17.9 Å². The maximum Gasteiger partial charge on any atom is 0.356 e. The van der Waals surface area contributed by atoms with Crippen molar-refractivity contribution in [3.05, 3.63) is 51.3 Å². The molecule has 2 aromatic rings. The number of fused-ring (bicyclic) bond motifs is 1. The van der Waals surface area contributed by atoms with Crippen LogP contribution in [0.5, 0.6) is 0 Å². The normalized spacial score (nSPS) is 14.2. The molecule has 1 aromatic carbocycles. The predicted octanol–water partition coefficient (Wildman–Crippen LogP) is 4.09. The largest absolute Gasteiger partial charge is 0.461 e. The van der Waals surface area contributed by atoms with E-state index in [0.717, 1.165) is 28.8 Å². The third-order valence-electron chi connectivity index (χ3n) is 4.17. The Hall–Kier alpha value is -1.50. The molecule has 8 heteroatoms. The number of nitrogens with zero attached hydrogens (tertiary/aromatic N) is 1. The summed E-state index contributed by atoms with van der Waals surface area (Å²) in [6.45, 7) is 1.85. The number of halogens is 2. The monoisotopic (exact) mass is 401 g/mol. The molecule has 134 valence electrons. The fraction of sp³-hybridized carbons (Fsp3) is 0.353. The molecule has 0 saturated carbocycles. The van der Waals surface area contributed by atoms with Crippen molar-refractivity contribution in [1.82, 2.24) is 3.97 Å². The zero-order valence-electron chi connectivity index (χ0n) is 13.6. The van der Waals surface area contributed by atoms with Gasteiger partial charge in [0.1, 0.15) is 5.69 Å². The minimum absolute atomic E-state index is 0.0172. The quantitative estimate of drug-likeness (QED) is 0.723. The summed E-state index contributed by atoms with van der Waals surface area (Å²) in [5, 5.41) is 0.405. The number of hydrogen-bond acceptors (Lipinski definition) is 4. The molecule has 3 rings (SSSR count). The molecule has 1 aliphatic carbocycles. The Balaban J connectivity index is 2.21. The third-order valence-corrected chi connectivity index (χ3v) is 6.66. The molecule has 0 bridgehead atoms. The van der Waals surface area contributed by atoms with Crippen LogP contribution in [0.3, 0.4) is 0 Å². The van der Waals surface area contributed by atoms with Crippen LogP contribution < -0.4 is 0 Å². The van der Waals surface area contributed by atoms with Gasteiger partial charge in [0, 0.05) is 5.69 Å². The van der Waals surface area contributed by atoms with Gasteiger partial charge in [-0.3, -0.25) is 0 Å². The van der Waals surface area contributed by atoms with E-state index in [1.165, 1.54) is 18.2 Å². The summed E-state index contributed by atoms with van der Waals surface area (Å²) >= 11 is 11.9. The lowest BCUT2D eigenvalue weighted by atomic mass is 9.98. The fourth-order valence-electron chi connectivity index (χ4n) is 3.03. The first-order valence-electron chi connectivity index (χ1n) is 7.97. The molecular formula is C17H17Cl2NO4S. The van der Waals surface area contributed by atoms with Crippen LogP contribution in [-0.2, 0) is 27.6 Å². The number of aryl methyl sites for hydroxylation is 1. The zero-order chi connectivity index (χ0) is 18.2. The number of carbonyl (C=O) groups excluding carboxylic acids is 1. The van der Waals surface area contributed by atoms with Crippen LogP contribution in [0, 0.1) is 0 Å². The SMILES string of the molecule is CCOC(=O)c1cc2c(n1S(=O)(=O)c1ccc(Cl)c(Cl)c1)CCCC2. The average Bonchev–Trinajstić information content (AvgIpc) is 2.98. The minimum atomic E-state index is -4.00. The molecule has 5 nitrogen and oxygen atoms in total. The van der Waals surface area contributed by atoms with E-state index in [0.29, 0.717) is 12.1 Å². The molecule has 0 fully saturated rings. The van der Waals surface area contributed by atoms with Crippen LogP contribution in [0.15, 0.2) is 29.2 Å². The molecule has 0 aliphatic heterocycles. The van der Waals surface area contributed by atoms with Crippen molar-refractivity contribution in [2.45, 2.75) is 37.5 Å². The van der Waals surface area contributed by atoms with E-state index in [1.807, 2.05) is 0 Å². The van der Waals surface area contributed by atoms with Crippen LogP contribution in [-0.4, -0.2) is 25.0 Å². The summed E-state index contributed by atoms with van der Waals surface area (Å²) in [7, 11) is -4.00. The fourth-order valence-corrected chi connectivity index (χ4v) is 5.00. The lowest BCUT2D eigenvalue weighted by Crippen LogP contribution is -2.22. The summed E-state index contributed by atoms with van der Waals surface area (Å²) in [5.41, 5.74) is 1.54. The van der Waals surface area contributed by atoms with Crippen molar-refractivity contribution in [1.29, 1.82) is 0 Å². The van der Waals surface area contributed by atoms with Gasteiger partial charge in [-0.1, -0.05) is 23.2 Å². The second-order valence-corrected chi connectivity index (χ2v) is 8.38. The Labute approximate surface area is 156 Å². The Morgan fingerprint density at radius 2 is 1.88 bits per heavy atom. The number of esters is 1. The van der Waals surface area contributed by atoms with Crippen molar-refractivity contribution in [3.63, 3.8) is 0 Å². The molecule has 0 spiro atoms. The van der Waals surface area contributed by atoms with E-state index in [4.69, 9.17) is 27.9 Å². The maximum atomic E-state index is 13.2. The highest BCUT2D eigenvalue weighted by atomic mass is 35.5. The van der Waals surface area contributed by atoms with E-state index in [-0.39, 0.29) is 27.2 Å². The number of hydrogen-bond donors (Lipinski definition) is 0. The molecule has 1 heterocycles. The standard InChI is InChI=1S/C17H17Cl2NO4S/c1-2-24-17(21)16-9-11-5-3-4-6-15(11)20(16)25(22,23)12-7-8-13(18)14(19)10-12/h7-10H,2-6H2,1H3. The van der Waals surface area contributed by atoms with Crippen molar-refractivity contribution >= 4 is 39.2 Å². The first-order valence-corrected chi connectivity index (χ1v) is 10.2. The molecule has 0 atom stereocenters. The van der Waals surface area contributed by atoms with Gasteiger partial charge in [0.2, 0.25) is 0 Å². The van der Waals surface area contributed by atoms with Gasteiger partial charge >= 0.3 is 5.97 Å². The highest BCUT2D eigenvalue weighted by Crippen LogP contribution is 2.31. The molecule has 0 unspecified atom stereocenters. The van der Waals surface area contributed by atoms with Gasteiger partial charge in [0.25, 0.3) is 10.0 Å². The van der Waals surface area contributed by atoms with Gasteiger partial charge < -0.3 is 4.74 Å². The van der Waals surface area contributed by atoms with Crippen molar-refractivity contribution in [2.75, 3.05) is 6.61 Å². The van der Waals surface area contributed by atoms with Gasteiger partial charge in [-0.2, -0.15) is 0 Å². The number of ether oxygens (including phenoxy) is 1. The minimum Gasteiger partial charge on any atom is -0.461 e. The average molecular weight is 402 g/mol. The first-order chi connectivity index (χ1) is 11.9. The summed E-state index contributed by atoms with van der Waals surface area (Å²) in [6.07, 6.45) is 3.17. The molecule has 1 aromatic heterocycles. The summed E-state index contributed by atoms with van der Waals surface area (Å²) in [4.78, 5) is 12.3. The van der Waals surface area contributed by atoms with E-state index in [9.17, 15) is 13.2 Å². The van der Waals surface area contributed by atoms with Gasteiger partial charge in [-0.25, -0.2) is 17.2 Å². The topological polar surface area (TPSA) is 65.4 Å². The predicted molar refractivity (Wildman–Crippen MR) is 96.1 cm³/mol. The highest BCUT2D eigenvalue weighted by molar-refractivity contribution is 7.90. The Bertz CT molecular complexity index is 934. The number of rotatable bonds is 4. The first kappa shape index (κ1) is 18.3. The highest BCUT2D eigenvalue weighted by Gasteiger charge is 2.31. The Kier molecular flexibility index (Phi) is 5.14. The van der Waals surface area contributed by atoms with E-state index < -0.39 is 16.0 Å². The summed E-state index contributed by atoms with van der Waals surface area (Å²) in [6, 6.07) is 5.73. The maximum absolute atomic E-state index is 13.2. The molecular weight excluding hydrogens is 385 g/mol. The lowest BCUT2D eigenvalue weighted by molar-refractivity contribution is 0.0518. The number of carbonyl (C=O) groups is 1. The van der Waals surface area contributed by atoms with Crippen molar-refractivity contribution in [2.24, 2.45) is 0 Å². The van der Waals surface area contributed by atoms with Crippen LogP contribution >= 0.6 is 23.2 Å². The van der Waals surface area contributed by atoms with E-state index >= 15 is 0 Å². The molecule has 0 amide bonds. The van der Waals surface area contributed by atoms with E-state index in [2.05, 4.69) is 0 Å². The number of benzene rings is 1. The Morgan fingerprint density at radius 1 is 1.16 bits per heavy atom. The summed E-state index contributed by atoms with van der Waals surface area (Å²) < 4.78 is 32.6. The van der Waals surface area contributed by atoms with Crippen LogP contribution in [0.1, 0.15) is 41.5 Å². The smallest absolute Gasteiger partial charge is 0.356 e. The lowest BCUT2D eigenvalue weighted by Gasteiger charge is -2.17. The van der Waals surface area contributed by atoms with E-state index in [1.54, 1.807) is 13.0 Å². The van der Waals surface area contributed by atoms with Gasteiger partial charge in [-0.15, -0.1) is 0 Å².